The largest absolute Gasteiger partial charge is 0.369 e. The van der Waals surface area contributed by atoms with Gasteiger partial charge in [-0.05, 0) is 38.9 Å². The number of primary amides is 1. The summed E-state index contributed by atoms with van der Waals surface area (Å²) in [5, 5.41) is 0. The van der Waals surface area contributed by atoms with Crippen LogP contribution in [-0.4, -0.2) is 36.3 Å². The van der Waals surface area contributed by atoms with Crippen molar-refractivity contribution in [1.82, 2.24) is 4.90 Å². The summed E-state index contributed by atoms with van der Waals surface area (Å²) in [5.41, 5.74) is 5.23. The highest BCUT2D eigenvalue weighted by molar-refractivity contribution is 6.17. The molecule has 0 bridgehead atoms. The lowest BCUT2D eigenvalue weighted by Gasteiger charge is -2.30. The maximum absolute atomic E-state index is 10.9. The van der Waals surface area contributed by atoms with Crippen LogP contribution < -0.4 is 5.73 Å². The van der Waals surface area contributed by atoms with Gasteiger partial charge < -0.3 is 10.6 Å². The molecule has 1 aliphatic heterocycles. The molecule has 3 nitrogen and oxygen atoms in total. The van der Waals surface area contributed by atoms with E-state index in [1.54, 1.807) is 0 Å². The smallest absolute Gasteiger partial charge is 0.220 e. The number of alkyl halides is 1. The molecule has 76 valence electrons. The zero-order valence-electron chi connectivity index (χ0n) is 7.84. The summed E-state index contributed by atoms with van der Waals surface area (Å²) in [6.07, 6.45) is 2.86. The summed E-state index contributed by atoms with van der Waals surface area (Å²) in [6.45, 7) is 3.03. The molecule has 0 aromatic rings. The summed E-state index contributed by atoms with van der Waals surface area (Å²) < 4.78 is 0. The number of rotatable bonds is 4. The number of nitrogens with two attached hydrogens (primary N) is 1. The fraction of sp³-hybridized carbons (Fsp3) is 0.889. The van der Waals surface area contributed by atoms with E-state index in [2.05, 4.69) is 4.90 Å². The molecule has 13 heavy (non-hydrogen) atoms. The maximum atomic E-state index is 10.9. The van der Waals surface area contributed by atoms with Gasteiger partial charge in [0.25, 0.3) is 0 Å². The summed E-state index contributed by atoms with van der Waals surface area (Å²) in [4.78, 5) is 13.2. The van der Waals surface area contributed by atoms with Gasteiger partial charge in [-0.3, -0.25) is 4.79 Å². The van der Waals surface area contributed by atoms with Crippen molar-refractivity contribution in [2.75, 3.05) is 25.5 Å². The van der Waals surface area contributed by atoms with Gasteiger partial charge in [0, 0.05) is 11.8 Å². The molecule has 4 heteroatoms. The van der Waals surface area contributed by atoms with E-state index in [0.717, 1.165) is 44.8 Å². The van der Waals surface area contributed by atoms with E-state index in [0.29, 0.717) is 0 Å². The molecule has 2 N–H and O–H groups in total. The zero-order chi connectivity index (χ0) is 9.68. The number of carbonyl (C=O) groups is 1. The summed E-state index contributed by atoms with van der Waals surface area (Å²) in [6, 6.07) is 0. The molecule has 0 aliphatic carbocycles. The number of nitrogens with zero attached hydrogens (tertiary/aromatic N) is 1. The van der Waals surface area contributed by atoms with Crippen molar-refractivity contribution in [1.29, 1.82) is 0 Å². The van der Waals surface area contributed by atoms with E-state index >= 15 is 0 Å². The van der Waals surface area contributed by atoms with Gasteiger partial charge in [-0.25, -0.2) is 0 Å². The highest BCUT2D eigenvalue weighted by Crippen LogP contribution is 2.16. The van der Waals surface area contributed by atoms with Crippen LogP contribution in [0.3, 0.4) is 0 Å². The number of halogens is 1. The Kier molecular flexibility index (Phi) is 4.53. The Morgan fingerprint density at radius 3 is 2.54 bits per heavy atom. The van der Waals surface area contributed by atoms with Crippen molar-refractivity contribution in [3.63, 3.8) is 0 Å². The second kappa shape index (κ2) is 5.45. The standard InChI is InChI=1S/C9H17ClN2O/c10-4-1-5-12-6-2-8(3-7-12)9(11)13/h8H,1-7H2,(H2,11,13). The van der Waals surface area contributed by atoms with Crippen LogP contribution in [0.4, 0.5) is 0 Å². The zero-order valence-corrected chi connectivity index (χ0v) is 8.59. The fourth-order valence-electron chi connectivity index (χ4n) is 1.72. The fourth-order valence-corrected chi connectivity index (χ4v) is 1.84. The second-order valence-electron chi connectivity index (χ2n) is 3.56. The lowest BCUT2D eigenvalue weighted by atomic mass is 9.96. The van der Waals surface area contributed by atoms with Gasteiger partial charge in [-0.15, -0.1) is 11.6 Å². The van der Waals surface area contributed by atoms with E-state index in [1.807, 2.05) is 0 Å². The molecule has 0 radical (unpaired) electrons. The maximum Gasteiger partial charge on any atom is 0.220 e. The van der Waals surface area contributed by atoms with Crippen molar-refractivity contribution in [2.24, 2.45) is 11.7 Å². The Morgan fingerprint density at radius 2 is 2.08 bits per heavy atom. The van der Waals surface area contributed by atoms with E-state index in [-0.39, 0.29) is 11.8 Å². The van der Waals surface area contributed by atoms with Gasteiger partial charge in [0.15, 0.2) is 0 Å². The monoisotopic (exact) mass is 204 g/mol. The molecular formula is C9H17ClN2O. The first-order valence-corrected chi connectivity index (χ1v) is 5.35. The lowest BCUT2D eigenvalue weighted by Crippen LogP contribution is -2.38. The molecule has 0 saturated carbocycles. The SMILES string of the molecule is NC(=O)C1CCN(CCCCl)CC1. The molecule has 1 fully saturated rings. The van der Waals surface area contributed by atoms with Crippen LogP contribution in [0, 0.1) is 5.92 Å². The number of carbonyl (C=O) groups excluding carboxylic acids is 1. The number of hydrogen-bond donors (Lipinski definition) is 1. The number of likely N-dealkylation sites (tertiary alicyclic amines) is 1. The Morgan fingerprint density at radius 1 is 1.46 bits per heavy atom. The van der Waals surface area contributed by atoms with Crippen molar-refractivity contribution >= 4 is 17.5 Å². The molecule has 1 heterocycles. The third-order valence-corrected chi connectivity index (χ3v) is 2.87. The third kappa shape index (κ3) is 3.53. The van der Waals surface area contributed by atoms with Gasteiger partial charge in [-0.1, -0.05) is 0 Å². The molecule has 1 aliphatic rings. The van der Waals surface area contributed by atoms with E-state index in [4.69, 9.17) is 17.3 Å². The molecule has 1 amide bonds. The highest BCUT2D eigenvalue weighted by Gasteiger charge is 2.22. The summed E-state index contributed by atoms with van der Waals surface area (Å²) in [5.74, 6) is 0.680. The highest BCUT2D eigenvalue weighted by atomic mass is 35.5. The average molecular weight is 205 g/mol. The average Bonchev–Trinajstić information content (AvgIpc) is 2.15. The van der Waals surface area contributed by atoms with Gasteiger partial charge in [0.1, 0.15) is 0 Å². The molecule has 0 unspecified atom stereocenters. The van der Waals surface area contributed by atoms with Crippen LogP contribution >= 0.6 is 11.6 Å². The molecule has 0 aromatic carbocycles. The molecule has 1 rings (SSSR count). The van der Waals surface area contributed by atoms with Crippen LogP contribution in [-0.2, 0) is 4.79 Å². The summed E-state index contributed by atoms with van der Waals surface area (Å²) in [7, 11) is 0. The third-order valence-electron chi connectivity index (χ3n) is 2.60. The lowest BCUT2D eigenvalue weighted by molar-refractivity contribution is -0.123. The number of hydrogen-bond acceptors (Lipinski definition) is 2. The predicted octanol–water partition coefficient (Wildman–Crippen LogP) is 0.813. The van der Waals surface area contributed by atoms with Crippen LogP contribution in [0.2, 0.25) is 0 Å². The van der Waals surface area contributed by atoms with Gasteiger partial charge in [0.05, 0.1) is 0 Å². The topological polar surface area (TPSA) is 46.3 Å². The van der Waals surface area contributed by atoms with E-state index < -0.39 is 0 Å². The Balaban J connectivity index is 2.18. The minimum Gasteiger partial charge on any atom is -0.369 e. The first-order chi connectivity index (χ1) is 6.24. The molecule has 0 spiro atoms. The van der Waals surface area contributed by atoms with Gasteiger partial charge in [0.2, 0.25) is 5.91 Å². The molecule has 1 saturated heterocycles. The molecule has 0 atom stereocenters. The van der Waals surface area contributed by atoms with Gasteiger partial charge >= 0.3 is 0 Å². The molecular weight excluding hydrogens is 188 g/mol. The van der Waals surface area contributed by atoms with Crippen molar-refractivity contribution in [2.45, 2.75) is 19.3 Å². The second-order valence-corrected chi connectivity index (χ2v) is 3.94. The van der Waals surface area contributed by atoms with Crippen LogP contribution in [0.5, 0.6) is 0 Å². The van der Waals surface area contributed by atoms with Crippen molar-refractivity contribution in [3.8, 4) is 0 Å². The van der Waals surface area contributed by atoms with E-state index in [9.17, 15) is 4.79 Å². The van der Waals surface area contributed by atoms with Crippen LogP contribution in [0.25, 0.3) is 0 Å². The first-order valence-electron chi connectivity index (χ1n) is 4.81. The number of piperidine rings is 1. The predicted molar refractivity (Wildman–Crippen MR) is 53.7 cm³/mol. The Bertz CT molecular complexity index is 167. The Labute approximate surface area is 84.2 Å². The van der Waals surface area contributed by atoms with Crippen LogP contribution in [0.15, 0.2) is 0 Å². The normalized spacial score (nSPS) is 20.4. The van der Waals surface area contributed by atoms with E-state index in [1.165, 1.54) is 0 Å². The Hall–Kier alpha value is -0.280. The molecule has 0 aromatic heterocycles. The minimum atomic E-state index is -0.142. The first kappa shape index (κ1) is 10.8. The summed E-state index contributed by atoms with van der Waals surface area (Å²) >= 11 is 5.60. The quantitative estimate of drug-likeness (QED) is 0.690. The van der Waals surface area contributed by atoms with Crippen LogP contribution in [0.1, 0.15) is 19.3 Å². The van der Waals surface area contributed by atoms with Gasteiger partial charge in [-0.2, -0.15) is 0 Å². The van der Waals surface area contributed by atoms with Crippen molar-refractivity contribution in [3.05, 3.63) is 0 Å². The number of amides is 1. The van der Waals surface area contributed by atoms with Crippen molar-refractivity contribution < 1.29 is 4.79 Å². The minimum absolute atomic E-state index is 0.104.